The maximum Gasteiger partial charge on any atom is 0.244 e. The van der Waals surface area contributed by atoms with E-state index in [0.717, 1.165) is 24.9 Å². The van der Waals surface area contributed by atoms with Gasteiger partial charge in [-0.1, -0.05) is 36.4 Å². The summed E-state index contributed by atoms with van der Waals surface area (Å²) in [4.78, 5) is 14.8. The summed E-state index contributed by atoms with van der Waals surface area (Å²) in [6, 6.07) is 15.6. The van der Waals surface area contributed by atoms with Crippen LogP contribution in [0.25, 0.3) is 0 Å². The lowest BCUT2D eigenvalue weighted by atomic mass is 9.95. The van der Waals surface area contributed by atoms with Crippen molar-refractivity contribution >= 4 is 11.6 Å². The van der Waals surface area contributed by atoms with Crippen LogP contribution in [-0.2, 0) is 17.6 Å². The predicted octanol–water partition coefficient (Wildman–Crippen LogP) is 1.92. The molecule has 5 nitrogen and oxygen atoms in total. The third-order valence-electron chi connectivity index (χ3n) is 5.54. The van der Waals surface area contributed by atoms with Crippen LogP contribution in [0, 0.1) is 0 Å². The number of carbonyl (C=O) groups excluding carboxylic acids is 1. The van der Waals surface area contributed by atoms with E-state index in [4.69, 9.17) is 4.74 Å². The SMILES string of the molecule is COc1ccccc1N1CCC(NC2(CO)Cc3ccccc3C2)C1=O. The van der Waals surface area contributed by atoms with Crippen LogP contribution in [0.1, 0.15) is 17.5 Å². The second-order valence-electron chi connectivity index (χ2n) is 7.21. The van der Waals surface area contributed by atoms with E-state index in [1.165, 1.54) is 11.1 Å². The van der Waals surface area contributed by atoms with Crippen LogP contribution in [0.3, 0.4) is 0 Å². The first kappa shape index (κ1) is 17.1. The number of amides is 1. The van der Waals surface area contributed by atoms with E-state index in [-0.39, 0.29) is 18.6 Å². The fraction of sp³-hybridized carbons (Fsp3) is 0.381. The average Bonchev–Trinajstić information content (AvgIpc) is 3.23. The third-order valence-corrected chi connectivity index (χ3v) is 5.54. The second-order valence-corrected chi connectivity index (χ2v) is 7.21. The molecule has 1 unspecified atom stereocenters. The molecule has 26 heavy (non-hydrogen) atoms. The van der Waals surface area contributed by atoms with Crippen LogP contribution in [0.5, 0.6) is 5.75 Å². The van der Waals surface area contributed by atoms with Crippen molar-refractivity contribution in [2.75, 3.05) is 25.2 Å². The highest BCUT2D eigenvalue weighted by atomic mass is 16.5. The smallest absolute Gasteiger partial charge is 0.244 e. The first-order valence-corrected chi connectivity index (χ1v) is 9.05. The summed E-state index contributed by atoms with van der Waals surface area (Å²) >= 11 is 0. The molecule has 1 atom stereocenters. The number of carbonyl (C=O) groups is 1. The van der Waals surface area contributed by atoms with E-state index in [0.29, 0.717) is 12.3 Å². The van der Waals surface area contributed by atoms with Crippen molar-refractivity contribution in [3.05, 3.63) is 59.7 Å². The van der Waals surface area contributed by atoms with Gasteiger partial charge < -0.3 is 14.7 Å². The largest absolute Gasteiger partial charge is 0.495 e. The number of aliphatic hydroxyl groups is 1. The molecule has 2 N–H and O–H groups in total. The molecule has 4 rings (SSSR count). The Morgan fingerprint density at radius 2 is 1.81 bits per heavy atom. The number of nitrogens with zero attached hydrogens (tertiary/aromatic N) is 1. The minimum atomic E-state index is -0.458. The highest BCUT2D eigenvalue weighted by Gasteiger charge is 2.43. The van der Waals surface area contributed by atoms with E-state index in [2.05, 4.69) is 17.4 Å². The zero-order valence-corrected chi connectivity index (χ0v) is 14.9. The van der Waals surface area contributed by atoms with Gasteiger partial charge >= 0.3 is 0 Å². The molecular weight excluding hydrogens is 328 g/mol. The first-order chi connectivity index (χ1) is 12.7. The van der Waals surface area contributed by atoms with Gasteiger partial charge in [0.25, 0.3) is 0 Å². The molecule has 2 aliphatic rings. The highest BCUT2D eigenvalue weighted by molar-refractivity contribution is 6.00. The van der Waals surface area contributed by atoms with Crippen molar-refractivity contribution in [1.29, 1.82) is 0 Å². The molecule has 0 spiro atoms. The number of ether oxygens (including phenoxy) is 1. The molecule has 136 valence electrons. The van der Waals surface area contributed by atoms with Crippen LogP contribution < -0.4 is 15.0 Å². The summed E-state index contributed by atoms with van der Waals surface area (Å²) in [5, 5.41) is 13.6. The summed E-state index contributed by atoms with van der Waals surface area (Å²) in [7, 11) is 1.62. The molecule has 0 bridgehead atoms. The molecule has 1 aliphatic heterocycles. The lowest BCUT2D eigenvalue weighted by molar-refractivity contribution is -0.119. The van der Waals surface area contributed by atoms with Gasteiger partial charge in [-0.25, -0.2) is 0 Å². The van der Waals surface area contributed by atoms with Gasteiger partial charge in [0.2, 0.25) is 5.91 Å². The summed E-state index contributed by atoms with van der Waals surface area (Å²) in [6.45, 7) is 0.658. The Hall–Kier alpha value is -2.37. The van der Waals surface area contributed by atoms with Crippen molar-refractivity contribution in [3.8, 4) is 5.75 Å². The van der Waals surface area contributed by atoms with Crippen molar-refractivity contribution in [3.63, 3.8) is 0 Å². The third kappa shape index (κ3) is 2.87. The number of aliphatic hydroxyl groups excluding tert-OH is 1. The molecule has 0 aromatic heterocycles. The van der Waals surface area contributed by atoms with Gasteiger partial charge in [-0.05, 0) is 42.5 Å². The Morgan fingerprint density at radius 3 is 2.46 bits per heavy atom. The van der Waals surface area contributed by atoms with E-state index >= 15 is 0 Å². The highest BCUT2D eigenvalue weighted by Crippen LogP contribution is 2.34. The molecule has 1 aliphatic carbocycles. The second kappa shape index (κ2) is 6.74. The van der Waals surface area contributed by atoms with Gasteiger partial charge in [-0.2, -0.15) is 0 Å². The number of nitrogens with one attached hydrogen (secondary N) is 1. The fourth-order valence-corrected chi connectivity index (χ4v) is 4.23. The number of hydrogen-bond acceptors (Lipinski definition) is 4. The van der Waals surface area contributed by atoms with Gasteiger partial charge in [0.05, 0.1) is 31.0 Å². The van der Waals surface area contributed by atoms with Gasteiger partial charge in [0, 0.05) is 6.54 Å². The Labute approximate surface area is 153 Å². The summed E-state index contributed by atoms with van der Waals surface area (Å²) < 4.78 is 5.40. The standard InChI is InChI=1S/C21H24N2O3/c1-26-19-9-5-4-8-18(19)23-11-10-17(20(23)25)22-21(14-24)12-15-6-2-3-7-16(15)13-21/h2-9,17,22,24H,10-14H2,1H3. The zero-order valence-electron chi connectivity index (χ0n) is 14.9. The average molecular weight is 352 g/mol. The Bertz CT molecular complexity index is 795. The molecule has 2 aromatic carbocycles. The van der Waals surface area contributed by atoms with E-state index < -0.39 is 5.54 Å². The zero-order chi connectivity index (χ0) is 18.1. The molecule has 2 aromatic rings. The number of fused-ring (bicyclic) bond motifs is 1. The molecule has 1 saturated heterocycles. The van der Waals surface area contributed by atoms with Crippen LogP contribution in [0.2, 0.25) is 0 Å². The number of rotatable bonds is 5. The minimum absolute atomic E-state index is 0.0140. The van der Waals surface area contributed by atoms with Crippen molar-refractivity contribution in [2.45, 2.75) is 30.8 Å². The predicted molar refractivity (Wildman–Crippen MR) is 101 cm³/mol. The Morgan fingerprint density at radius 1 is 1.15 bits per heavy atom. The minimum Gasteiger partial charge on any atom is -0.495 e. The van der Waals surface area contributed by atoms with Gasteiger partial charge in [-0.15, -0.1) is 0 Å². The molecule has 1 amide bonds. The molecule has 1 heterocycles. The number of para-hydroxylation sites is 2. The molecule has 5 heteroatoms. The lowest BCUT2D eigenvalue weighted by Gasteiger charge is -2.31. The Kier molecular flexibility index (Phi) is 4.42. The Balaban J connectivity index is 1.52. The monoisotopic (exact) mass is 352 g/mol. The number of benzene rings is 2. The van der Waals surface area contributed by atoms with Crippen LogP contribution >= 0.6 is 0 Å². The molecule has 1 fully saturated rings. The van der Waals surface area contributed by atoms with Crippen molar-refractivity contribution in [1.82, 2.24) is 5.32 Å². The maximum absolute atomic E-state index is 13.0. The fourth-order valence-electron chi connectivity index (χ4n) is 4.23. The maximum atomic E-state index is 13.0. The number of anilines is 1. The van der Waals surface area contributed by atoms with E-state index in [1.807, 2.05) is 36.4 Å². The van der Waals surface area contributed by atoms with Gasteiger partial charge in [0.15, 0.2) is 0 Å². The van der Waals surface area contributed by atoms with E-state index in [9.17, 15) is 9.90 Å². The van der Waals surface area contributed by atoms with Gasteiger partial charge in [-0.3, -0.25) is 10.1 Å². The quantitative estimate of drug-likeness (QED) is 0.863. The van der Waals surface area contributed by atoms with E-state index in [1.54, 1.807) is 12.0 Å². The summed E-state index contributed by atoms with van der Waals surface area (Å²) in [6.07, 6.45) is 2.21. The van der Waals surface area contributed by atoms with Gasteiger partial charge in [0.1, 0.15) is 5.75 Å². The number of hydrogen-bond donors (Lipinski definition) is 2. The topological polar surface area (TPSA) is 61.8 Å². The van der Waals surface area contributed by atoms with Crippen molar-refractivity contribution in [2.24, 2.45) is 0 Å². The molecular formula is C21H24N2O3. The molecule has 0 saturated carbocycles. The number of methoxy groups -OCH3 is 1. The first-order valence-electron chi connectivity index (χ1n) is 9.05. The van der Waals surface area contributed by atoms with Crippen LogP contribution in [0.15, 0.2) is 48.5 Å². The summed E-state index contributed by atoms with van der Waals surface area (Å²) in [5.41, 5.74) is 2.85. The normalized spacial score (nSPS) is 21.1. The van der Waals surface area contributed by atoms with Crippen LogP contribution in [-0.4, -0.2) is 42.9 Å². The lowest BCUT2D eigenvalue weighted by Crippen LogP contribution is -2.56. The van der Waals surface area contributed by atoms with Crippen molar-refractivity contribution < 1.29 is 14.6 Å². The van der Waals surface area contributed by atoms with Crippen LogP contribution in [0.4, 0.5) is 5.69 Å². The molecule has 0 radical (unpaired) electrons. The summed E-state index contributed by atoms with van der Waals surface area (Å²) in [5.74, 6) is 0.741.